The van der Waals surface area contributed by atoms with Crippen molar-refractivity contribution >= 4 is 17.4 Å². The average Bonchev–Trinajstić information content (AvgIpc) is 2.52. The van der Waals surface area contributed by atoms with Gasteiger partial charge in [0.25, 0.3) is 0 Å². The van der Waals surface area contributed by atoms with E-state index in [9.17, 15) is 5.11 Å². The summed E-state index contributed by atoms with van der Waals surface area (Å²) in [5.74, 6) is 3.39. The van der Waals surface area contributed by atoms with Crippen molar-refractivity contribution in [3.05, 3.63) is 24.3 Å². The number of rotatable bonds is 4. The van der Waals surface area contributed by atoms with Gasteiger partial charge in [-0.25, -0.2) is 0 Å². The molecule has 3 rings (SSSR count). The summed E-state index contributed by atoms with van der Waals surface area (Å²) in [7, 11) is 0. The van der Waals surface area contributed by atoms with E-state index in [0.717, 1.165) is 31.4 Å². The third-order valence-corrected chi connectivity index (χ3v) is 5.45. The van der Waals surface area contributed by atoms with Gasteiger partial charge in [-0.1, -0.05) is 6.42 Å². The molecule has 116 valence electrons. The lowest BCUT2D eigenvalue weighted by atomic mass is 9.95. The second kappa shape index (κ2) is 7.41. The van der Waals surface area contributed by atoms with E-state index >= 15 is 0 Å². The van der Waals surface area contributed by atoms with Gasteiger partial charge in [-0.15, -0.1) is 0 Å². The number of hydrogen-bond donors (Lipinski definition) is 2. The Kier molecular flexibility index (Phi) is 5.31. The van der Waals surface area contributed by atoms with E-state index < -0.39 is 0 Å². The maximum atomic E-state index is 9.96. The van der Waals surface area contributed by atoms with Crippen LogP contribution < -0.4 is 10.1 Å². The molecule has 0 amide bonds. The zero-order valence-corrected chi connectivity index (χ0v) is 13.3. The van der Waals surface area contributed by atoms with E-state index in [-0.39, 0.29) is 12.2 Å². The predicted molar refractivity (Wildman–Crippen MR) is 89.3 cm³/mol. The number of aliphatic hydroxyl groups is 1. The van der Waals surface area contributed by atoms with E-state index in [1.807, 2.05) is 23.9 Å². The fraction of sp³-hybridized carbons (Fsp3) is 0.647. The number of anilines is 1. The Bertz CT molecular complexity index is 431. The molecule has 1 aliphatic heterocycles. The van der Waals surface area contributed by atoms with Crippen LogP contribution >= 0.6 is 11.8 Å². The molecule has 0 bridgehead atoms. The summed E-state index contributed by atoms with van der Waals surface area (Å²) in [5, 5.41) is 13.6. The highest BCUT2D eigenvalue weighted by Crippen LogP contribution is 2.26. The van der Waals surface area contributed by atoms with Gasteiger partial charge in [0.15, 0.2) is 0 Å². The SMILES string of the molecule is O[C@@H]1CCCC[C@H]1Oc1ccc(NC2CCSCC2)cc1. The lowest BCUT2D eigenvalue weighted by Gasteiger charge is -2.28. The maximum Gasteiger partial charge on any atom is 0.124 e. The van der Waals surface area contributed by atoms with Crippen LogP contribution in [0.2, 0.25) is 0 Å². The van der Waals surface area contributed by atoms with Gasteiger partial charge < -0.3 is 15.2 Å². The Labute approximate surface area is 131 Å². The normalized spacial score (nSPS) is 27.3. The first-order chi connectivity index (χ1) is 10.3. The van der Waals surface area contributed by atoms with Crippen molar-refractivity contribution in [2.45, 2.75) is 56.8 Å². The molecule has 1 aliphatic carbocycles. The highest BCUT2D eigenvalue weighted by molar-refractivity contribution is 7.99. The van der Waals surface area contributed by atoms with Crippen molar-refractivity contribution < 1.29 is 9.84 Å². The molecule has 0 spiro atoms. The van der Waals surface area contributed by atoms with Gasteiger partial charge in [-0.3, -0.25) is 0 Å². The number of benzene rings is 1. The van der Waals surface area contributed by atoms with E-state index in [4.69, 9.17) is 4.74 Å². The minimum Gasteiger partial charge on any atom is -0.488 e. The Hall–Kier alpha value is -0.870. The average molecular weight is 307 g/mol. The predicted octanol–water partition coefficient (Wildman–Crippen LogP) is 3.68. The van der Waals surface area contributed by atoms with Gasteiger partial charge in [-0.2, -0.15) is 11.8 Å². The summed E-state index contributed by atoms with van der Waals surface area (Å²) < 4.78 is 5.93. The van der Waals surface area contributed by atoms with Crippen molar-refractivity contribution in [3.63, 3.8) is 0 Å². The number of nitrogens with one attached hydrogen (secondary N) is 1. The molecule has 3 nitrogen and oxygen atoms in total. The first-order valence-electron chi connectivity index (χ1n) is 8.10. The van der Waals surface area contributed by atoms with Crippen molar-refractivity contribution in [1.82, 2.24) is 0 Å². The Morgan fingerprint density at radius 3 is 2.43 bits per heavy atom. The zero-order valence-electron chi connectivity index (χ0n) is 12.5. The standard InChI is InChI=1S/C17H25NO2S/c19-16-3-1-2-4-17(16)20-15-7-5-13(6-8-15)18-14-9-11-21-12-10-14/h5-8,14,16-19H,1-4,9-12H2/t16-,17-/m1/s1. The number of aliphatic hydroxyl groups excluding tert-OH is 1. The Morgan fingerprint density at radius 1 is 1.00 bits per heavy atom. The molecule has 1 aromatic rings. The molecule has 2 N–H and O–H groups in total. The van der Waals surface area contributed by atoms with Gasteiger partial charge in [0.2, 0.25) is 0 Å². The topological polar surface area (TPSA) is 41.5 Å². The highest BCUT2D eigenvalue weighted by atomic mass is 32.2. The van der Waals surface area contributed by atoms with Crippen molar-refractivity contribution in [3.8, 4) is 5.75 Å². The molecule has 1 saturated carbocycles. The molecular weight excluding hydrogens is 282 g/mol. The molecule has 4 heteroatoms. The number of ether oxygens (including phenoxy) is 1. The molecular formula is C17H25NO2S. The molecule has 2 aliphatic rings. The smallest absolute Gasteiger partial charge is 0.124 e. The van der Waals surface area contributed by atoms with Crippen LogP contribution in [0.5, 0.6) is 5.75 Å². The first-order valence-corrected chi connectivity index (χ1v) is 9.26. The van der Waals surface area contributed by atoms with E-state index in [2.05, 4.69) is 17.4 Å². The number of hydrogen-bond acceptors (Lipinski definition) is 4. The van der Waals surface area contributed by atoms with Crippen LogP contribution in [-0.4, -0.2) is 34.9 Å². The van der Waals surface area contributed by atoms with Crippen LogP contribution in [0.25, 0.3) is 0 Å². The fourth-order valence-corrected chi connectivity index (χ4v) is 4.20. The fourth-order valence-electron chi connectivity index (χ4n) is 3.10. The van der Waals surface area contributed by atoms with Crippen LogP contribution in [0.4, 0.5) is 5.69 Å². The Morgan fingerprint density at radius 2 is 1.71 bits per heavy atom. The molecule has 0 unspecified atom stereocenters. The summed E-state index contributed by atoms with van der Waals surface area (Å²) >= 11 is 2.05. The molecule has 21 heavy (non-hydrogen) atoms. The summed E-state index contributed by atoms with van der Waals surface area (Å²) in [6.07, 6.45) is 6.24. The Balaban J connectivity index is 1.53. The third kappa shape index (κ3) is 4.30. The van der Waals surface area contributed by atoms with Crippen LogP contribution in [0.15, 0.2) is 24.3 Å². The quantitative estimate of drug-likeness (QED) is 0.890. The van der Waals surface area contributed by atoms with Crippen LogP contribution in [0, 0.1) is 0 Å². The molecule has 1 saturated heterocycles. The van der Waals surface area contributed by atoms with Gasteiger partial charge in [0.05, 0.1) is 6.10 Å². The van der Waals surface area contributed by atoms with E-state index in [1.54, 1.807) is 0 Å². The van der Waals surface area contributed by atoms with Gasteiger partial charge in [-0.05, 0) is 67.9 Å². The van der Waals surface area contributed by atoms with Crippen molar-refractivity contribution in [1.29, 1.82) is 0 Å². The summed E-state index contributed by atoms with van der Waals surface area (Å²) in [6, 6.07) is 8.82. The van der Waals surface area contributed by atoms with Crippen molar-refractivity contribution in [2.75, 3.05) is 16.8 Å². The second-order valence-electron chi connectivity index (χ2n) is 6.06. The molecule has 1 heterocycles. The highest BCUT2D eigenvalue weighted by Gasteiger charge is 2.24. The monoisotopic (exact) mass is 307 g/mol. The van der Waals surface area contributed by atoms with Crippen LogP contribution in [0.1, 0.15) is 38.5 Å². The lowest BCUT2D eigenvalue weighted by molar-refractivity contribution is 0.00688. The molecule has 1 aromatic carbocycles. The van der Waals surface area contributed by atoms with Gasteiger partial charge in [0, 0.05) is 11.7 Å². The zero-order chi connectivity index (χ0) is 14.5. The van der Waals surface area contributed by atoms with E-state index in [1.165, 1.54) is 30.0 Å². The van der Waals surface area contributed by atoms with Gasteiger partial charge in [0.1, 0.15) is 11.9 Å². The summed E-state index contributed by atoms with van der Waals surface area (Å²) in [6.45, 7) is 0. The van der Waals surface area contributed by atoms with Crippen LogP contribution in [-0.2, 0) is 0 Å². The van der Waals surface area contributed by atoms with Crippen LogP contribution in [0.3, 0.4) is 0 Å². The largest absolute Gasteiger partial charge is 0.488 e. The minimum absolute atomic E-state index is 0.0343. The number of thioether (sulfide) groups is 1. The summed E-state index contributed by atoms with van der Waals surface area (Å²) in [4.78, 5) is 0. The van der Waals surface area contributed by atoms with E-state index in [0.29, 0.717) is 6.04 Å². The van der Waals surface area contributed by atoms with Gasteiger partial charge >= 0.3 is 0 Å². The second-order valence-corrected chi connectivity index (χ2v) is 7.29. The summed E-state index contributed by atoms with van der Waals surface area (Å²) in [5.41, 5.74) is 1.17. The lowest BCUT2D eigenvalue weighted by Crippen LogP contribution is -2.34. The molecule has 0 radical (unpaired) electrons. The molecule has 2 atom stereocenters. The van der Waals surface area contributed by atoms with Crippen molar-refractivity contribution in [2.24, 2.45) is 0 Å². The third-order valence-electron chi connectivity index (χ3n) is 4.40. The minimum atomic E-state index is -0.309. The maximum absolute atomic E-state index is 9.96. The molecule has 2 fully saturated rings. The first kappa shape index (κ1) is 15.0. The molecule has 0 aromatic heterocycles.